The maximum atomic E-state index is 13.9. The molecule has 39 heteroatoms. The van der Waals surface area contributed by atoms with E-state index in [4.69, 9.17) is 37.5 Å². The summed E-state index contributed by atoms with van der Waals surface area (Å²) in [6.07, 6.45) is -0.341. The molecular weight excluding hydrogens is 1460 g/mol. The number of hydrogen-bond acceptors (Lipinski definition) is 29. The summed E-state index contributed by atoms with van der Waals surface area (Å²) in [4.78, 5) is 111. The molecule has 16 unspecified atom stereocenters. The van der Waals surface area contributed by atoms with E-state index in [1.807, 2.05) is 0 Å². The highest BCUT2D eigenvalue weighted by atomic mass is 32.2. The lowest BCUT2D eigenvalue weighted by molar-refractivity contribution is -0.173. The van der Waals surface area contributed by atoms with Crippen molar-refractivity contribution in [1.29, 1.82) is 0 Å². The molecule has 0 aromatic carbocycles. The monoisotopic (exact) mass is 1580 g/mol. The number of thioether (sulfide) groups is 3. The van der Waals surface area contributed by atoms with E-state index >= 15 is 0 Å². The van der Waals surface area contributed by atoms with Crippen LogP contribution in [0.4, 0.5) is 0 Å². The van der Waals surface area contributed by atoms with Crippen molar-refractivity contribution in [3.05, 3.63) is 0 Å². The number of nitrogens with one attached hydrogen (secondary N) is 8. The number of phosphoric ester groups is 1. The molecule has 3 aliphatic heterocycles. The van der Waals surface area contributed by atoms with Gasteiger partial charge < -0.3 is 122 Å². The fourth-order valence-corrected chi connectivity index (χ4v) is 16.1. The Morgan fingerprint density at radius 3 is 1.10 bits per heavy atom. The molecule has 16 atom stereocenters. The summed E-state index contributed by atoms with van der Waals surface area (Å²) < 4.78 is 57.9. The van der Waals surface area contributed by atoms with Crippen molar-refractivity contribution in [2.45, 2.75) is 251 Å². The van der Waals surface area contributed by atoms with E-state index in [9.17, 15) is 93.8 Å². The number of aliphatic hydroxyl groups excluding tert-OH is 9. The Labute approximate surface area is 627 Å². The van der Waals surface area contributed by atoms with Crippen LogP contribution >= 0.6 is 43.1 Å². The Morgan fingerprint density at radius 2 is 0.771 bits per heavy atom. The molecule has 0 bridgehead atoms. The molecule has 0 radical (unpaired) electrons. The van der Waals surface area contributed by atoms with Gasteiger partial charge in [0.15, 0.2) is 0 Å². The fraction of sp³-hybridized carbons (Fsp3) is 0.879. The molecule has 608 valence electrons. The lowest BCUT2D eigenvalue weighted by Crippen LogP contribution is -2.63. The summed E-state index contributed by atoms with van der Waals surface area (Å²) in [6.45, 7) is 1.63. The molecule has 18 N–H and O–H groups in total. The van der Waals surface area contributed by atoms with Gasteiger partial charge in [-0.25, -0.2) is 4.57 Å². The molecular formula is C66H119N8O27PS3. The van der Waals surface area contributed by atoms with E-state index in [2.05, 4.69) is 42.5 Å². The zero-order valence-corrected chi connectivity index (χ0v) is 64.0. The Morgan fingerprint density at radius 1 is 0.438 bits per heavy atom. The van der Waals surface area contributed by atoms with Crippen molar-refractivity contribution >= 4 is 90.4 Å². The predicted octanol–water partition coefficient (Wildman–Crippen LogP) is -1.70. The van der Waals surface area contributed by atoms with Crippen LogP contribution in [0.5, 0.6) is 0 Å². The van der Waals surface area contributed by atoms with E-state index in [0.29, 0.717) is 56.2 Å². The molecule has 0 aromatic heterocycles. The van der Waals surface area contributed by atoms with E-state index in [0.717, 1.165) is 77.0 Å². The quantitative estimate of drug-likeness (QED) is 0.0183. The molecule has 4 aliphatic rings. The first kappa shape index (κ1) is 93.7. The number of rotatable bonds is 56. The SMILES string of the molecule is CC(=O)NC1C(SCCCCCCNC(=O)CCOCC(COCCC(=O)NCCCCCCSC2OC(CO)C(O)C(O)C2NC(C)=O)(COCCC(=O)NCCCCCCSC2OC(CO)C(O)C(O)C2NC(C)=O)NC(=O)CCCC(=O)NCOP(=O)(O)OCC2CCC2)OC(CO)C(O)C1O. The minimum atomic E-state index is -4.43. The highest BCUT2D eigenvalue weighted by Crippen LogP contribution is 2.45. The molecule has 4 fully saturated rings. The molecule has 0 aromatic rings. The largest absolute Gasteiger partial charge is 0.473 e. The first-order chi connectivity index (χ1) is 50.2. The van der Waals surface area contributed by atoms with Crippen LogP contribution in [-0.2, 0) is 80.4 Å². The van der Waals surface area contributed by atoms with Gasteiger partial charge in [-0.2, -0.15) is 0 Å². The molecule has 0 spiro atoms. The second-order valence-electron chi connectivity index (χ2n) is 26.7. The molecule has 8 amide bonds. The molecule has 4 rings (SSSR count). The van der Waals surface area contributed by atoms with E-state index in [1.54, 1.807) is 0 Å². The number of hydrogen-bond donors (Lipinski definition) is 18. The predicted molar refractivity (Wildman–Crippen MR) is 386 cm³/mol. The summed E-state index contributed by atoms with van der Waals surface area (Å²) in [7, 11) is -4.43. The van der Waals surface area contributed by atoms with Gasteiger partial charge in [0.25, 0.3) is 0 Å². The van der Waals surface area contributed by atoms with Gasteiger partial charge in [0, 0.05) is 72.5 Å². The van der Waals surface area contributed by atoms with Gasteiger partial charge in [-0.05, 0) is 81.0 Å². The molecule has 35 nitrogen and oxygen atoms in total. The van der Waals surface area contributed by atoms with Gasteiger partial charge in [0.1, 0.15) is 83.5 Å². The standard InChI is InChI=1S/C66H119N8O27PS3/c1-42(78)71-54-60(89)57(86)46(34-75)99-63(54)103-31-13-7-4-10-25-67-50(82)22-28-94-38-66(74-53(85)21-17-20-49(81)70-41-98-102(92,93)97-37-45-18-16-19-45,39-95-29-23-51(83)68-26-11-5-8-14-32-104-64-55(72-43(2)79)61(90)58(87)47(35-76)100-64)40-96-30-24-52(84)69-27-12-6-9-15-33-105-65-56(73-44(3)80)62(91)59(88)48(36-77)101-65/h45-48,54-65,75-77,86-91H,4-41H2,1-3H3,(H,67,82)(H,68,83)(H,69,84)(H,70,81)(H,71,78)(H,72,79)(H,73,80)(H,74,85)(H,92,93). The highest BCUT2D eigenvalue weighted by Gasteiger charge is 2.48. The number of carbonyl (C=O) groups excluding carboxylic acids is 8. The number of ether oxygens (including phenoxy) is 6. The van der Waals surface area contributed by atoms with E-state index in [-0.39, 0.29) is 108 Å². The average molecular weight is 1580 g/mol. The van der Waals surface area contributed by atoms with Gasteiger partial charge in [-0.3, -0.25) is 47.4 Å². The van der Waals surface area contributed by atoms with Crippen LogP contribution < -0.4 is 42.5 Å². The van der Waals surface area contributed by atoms with Crippen molar-refractivity contribution in [3.63, 3.8) is 0 Å². The third-order valence-corrected chi connectivity index (χ3v) is 22.4. The smallest absolute Gasteiger partial charge is 0.394 e. The molecule has 3 saturated heterocycles. The zero-order valence-electron chi connectivity index (χ0n) is 60.7. The summed E-state index contributed by atoms with van der Waals surface area (Å²) in [5.74, 6) is -1.41. The first-order valence-corrected chi connectivity index (χ1v) is 41.1. The number of phosphoric acid groups is 1. The van der Waals surface area contributed by atoms with Crippen LogP contribution in [-0.4, -0.2) is 303 Å². The second kappa shape index (κ2) is 52.5. The summed E-state index contributed by atoms with van der Waals surface area (Å²) >= 11 is 4.04. The highest BCUT2D eigenvalue weighted by molar-refractivity contribution is 8.00. The summed E-state index contributed by atoms with van der Waals surface area (Å²) in [6, 6.07) is -2.64. The second-order valence-corrected chi connectivity index (χ2v) is 31.8. The molecule has 3 heterocycles. The maximum absolute atomic E-state index is 13.9. The van der Waals surface area contributed by atoms with Crippen molar-refractivity contribution in [1.82, 2.24) is 42.5 Å². The van der Waals surface area contributed by atoms with E-state index < -0.39 is 159 Å². The van der Waals surface area contributed by atoms with Gasteiger partial charge in [-0.15, -0.1) is 35.3 Å². The third-order valence-electron chi connectivity index (χ3n) is 17.7. The molecule has 1 saturated carbocycles. The van der Waals surface area contributed by atoms with Crippen LogP contribution in [0.1, 0.15) is 156 Å². The maximum Gasteiger partial charge on any atom is 0.473 e. The van der Waals surface area contributed by atoms with Gasteiger partial charge in [0.05, 0.1) is 84.2 Å². The minimum absolute atomic E-state index is 0.0117. The van der Waals surface area contributed by atoms with Crippen LogP contribution in [0.15, 0.2) is 0 Å². The Hall–Kier alpha value is -3.68. The third kappa shape index (κ3) is 37.3. The van der Waals surface area contributed by atoms with Crippen molar-refractivity contribution < 1.29 is 131 Å². The lowest BCUT2D eigenvalue weighted by atomic mass is 9.86. The van der Waals surface area contributed by atoms with Gasteiger partial charge >= 0.3 is 7.82 Å². The number of amides is 8. The molecule has 105 heavy (non-hydrogen) atoms. The Bertz CT molecular complexity index is 2400. The van der Waals surface area contributed by atoms with Gasteiger partial charge in [0.2, 0.25) is 47.3 Å². The van der Waals surface area contributed by atoms with Crippen LogP contribution in [0.25, 0.3) is 0 Å². The number of unbranched alkanes of at least 4 members (excludes halogenated alkanes) is 9. The number of carbonyl (C=O) groups is 8. The first-order valence-electron chi connectivity index (χ1n) is 36.5. The van der Waals surface area contributed by atoms with Crippen LogP contribution in [0.3, 0.4) is 0 Å². The van der Waals surface area contributed by atoms with Crippen LogP contribution in [0, 0.1) is 5.92 Å². The van der Waals surface area contributed by atoms with Gasteiger partial charge in [-0.1, -0.05) is 44.9 Å². The molecule has 1 aliphatic carbocycles. The fourth-order valence-electron chi connectivity index (χ4n) is 11.6. The normalized spacial score (nSPS) is 26.6. The van der Waals surface area contributed by atoms with Crippen LogP contribution in [0.2, 0.25) is 0 Å². The zero-order chi connectivity index (χ0) is 77.2. The topological polar surface area (TPSA) is 526 Å². The van der Waals surface area contributed by atoms with Crippen molar-refractivity contribution in [2.75, 3.05) is 110 Å². The average Bonchev–Trinajstić information content (AvgIpc) is 0.821. The van der Waals surface area contributed by atoms with Crippen molar-refractivity contribution in [3.8, 4) is 0 Å². The number of aliphatic hydroxyl groups is 9. The lowest BCUT2D eigenvalue weighted by Gasteiger charge is -2.42. The van der Waals surface area contributed by atoms with Crippen molar-refractivity contribution in [2.24, 2.45) is 5.92 Å². The Kier molecular flexibility index (Phi) is 46.8. The minimum Gasteiger partial charge on any atom is -0.394 e. The summed E-state index contributed by atoms with van der Waals surface area (Å²) in [5, 5.41) is 114. The summed E-state index contributed by atoms with van der Waals surface area (Å²) in [5.41, 5.74) is -3.60. The Balaban J connectivity index is 1.32. The van der Waals surface area contributed by atoms with E-state index in [1.165, 1.54) is 56.1 Å².